The molecule has 1 saturated carbocycles. The molecule has 1 fully saturated rings. The van der Waals surface area contributed by atoms with Crippen molar-refractivity contribution < 1.29 is 14.0 Å². The van der Waals surface area contributed by atoms with Crippen LogP contribution in [-0.2, 0) is 11.3 Å². The average Bonchev–Trinajstić information content (AvgIpc) is 3.32. The van der Waals surface area contributed by atoms with Crippen LogP contribution in [0.25, 0.3) is 0 Å². The van der Waals surface area contributed by atoms with Crippen LogP contribution in [0.2, 0.25) is 0 Å². The third kappa shape index (κ3) is 6.24. The van der Waals surface area contributed by atoms with Crippen LogP contribution < -0.4 is 16.0 Å². The standard InChI is InChI=1S/C17H23N5O3S2/c1-11-5-2-3-7-13(11)19-15(24)20-14(23)10-26-17-22-21-16(27-17)18-9-12-6-4-8-25-12/h4,6,8,11,13H,2-3,5,7,9-10H2,1H3,(H,18,21)(H2,19,20,23,24)/t11-,13+/m0/s1. The van der Waals surface area contributed by atoms with E-state index in [0.29, 0.717) is 21.9 Å². The maximum absolute atomic E-state index is 12.0. The molecule has 1 aliphatic rings. The Balaban J connectivity index is 1.36. The SMILES string of the molecule is C[C@H]1CCCC[C@H]1NC(=O)NC(=O)CSc1nnc(NCc2ccco2)s1. The first-order valence-electron chi connectivity index (χ1n) is 8.93. The number of amides is 3. The second kappa shape index (κ2) is 9.75. The molecule has 0 bridgehead atoms. The summed E-state index contributed by atoms with van der Waals surface area (Å²) in [6, 6.07) is 3.41. The number of thioether (sulfide) groups is 1. The molecule has 2 atom stereocenters. The lowest BCUT2D eigenvalue weighted by Crippen LogP contribution is -2.48. The van der Waals surface area contributed by atoms with Gasteiger partial charge in [0.2, 0.25) is 11.0 Å². The first-order chi connectivity index (χ1) is 13.1. The van der Waals surface area contributed by atoms with Crippen LogP contribution >= 0.6 is 23.1 Å². The fourth-order valence-electron chi connectivity index (χ4n) is 2.94. The van der Waals surface area contributed by atoms with Crippen molar-refractivity contribution >= 4 is 40.2 Å². The van der Waals surface area contributed by atoms with Gasteiger partial charge in [0, 0.05) is 6.04 Å². The second-order valence-corrected chi connectivity index (χ2v) is 8.68. The quantitative estimate of drug-likeness (QED) is 0.602. The molecule has 0 spiro atoms. The molecule has 0 aromatic carbocycles. The molecule has 0 aliphatic heterocycles. The van der Waals surface area contributed by atoms with Gasteiger partial charge in [0.25, 0.3) is 0 Å². The van der Waals surface area contributed by atoms with Crippen LogP contribution in [0.4, 0.5) is 9.93 Å². The van der Waals surface area contributed by atoms with Crippen molar-refractivity contribution in [2.45, 2.75) is 49.5 Å². The van der Waals surface area contributed by atoms with Crippen molar-refractivity contribution in [1.29, 1.82) is 0 Å². The normalized spacial score (nSPS) is 19.4. The number of hydrogen-bond acceptors (Lipinski definition) is 8. The molecule has 0 unspecified atom stereocenters. The summed E-state index contributed by atoms with van der Waals surface area (Å²) in [5, 5.41) is 17.1. The van der Waals surface area contributed by atoms with Gasteiger partial charge >= 0.3 is 6.03 Å². The van der Waals surface area contributed by atoms with E-state index in [1.807, 2.05) is 12.1 Å². The molecule has 3 amide bonds. The summed E-state index contributed by atoms with van der Waals surface area (Å²) < 4.78 is 5.90. The summed E-state index contributed by atoms with van der Waals surface area (Å²) in [7, 11) is 0. The van der Waals surface area contributed by atoms with Crippen LogP contribution in [0.1, 0.15) is 38.4 Å². The van der Waals surface area contributed by atoms with Gasteiger partial charge in [-0.05, 0) is 30.9 Å². The number of anilines is 1. The van der Waals surface area contributed by atoms with Gasteiger partial charge in [0.05, 0.1) is 18.6 Å². The second-order valence-electron chi connectivity index (χ2n) is 6.48. The summed E-state index contributed by atoms with van der Waals surface area (Å²) in [6.07, 6.45) is 6.02. The number of furan rings is 1. The fraction of sp³-hybridized carbons (Fsp3) is 0.529. The van der Waals surface area contributed by atoms with Gasteiger partial charge in [-0.25, -0.2) is 4.79 Å². The molecule has 146 valence electrons. The van der Waals surface area contributed by atoms with E-state index >= 15 is 0 Å². The van der Waals surface area contributed by atoms with Gasteiger partial charge in [0.15, 0.2) is 4.34 Å². The summed E-state index contributed by atoms with van der Waals surface area (Å²) in [4.78, 5) is 24.0. The zero-order chi connectivity index (χ0) is 19.1. The molecule has 0 radical (unpaired) electrons. The Bertz CT molecular complexity index is 750. The van der Waals surface area contributed by atoms with Gasteiger partial charge in [-0.1, -0.05) is 42.9 Å². The third-order valence-corrected chi connectivity index (χ3v) is 6.42. The molecule has 1 aliphatic carbocycles. The Morgan fingerprint density at radius 1 is 1.33 bits per heavy atom. The highest BCUT2D eigenvalue weighted by atomic mass is 32.2. The Labute approximate surface area is 165 Å². The lowest BCUT2D eigenvalue weighted by Gasteiger charge is -2.29. The Kier molecular flexibility index (Phi) is 7.11. The highest BCUT2D eigenvalue weighted by Gasteiger charge is 2.23. The monoisotopic (exact) mass is 409 g/mol. The molecule has 8 nitrogen and oxygen atoms in total. The van der Waals surface area contributed by atoms with E-state index in [2.05, 4.69) is 33.1 Å². The Morgan fingerprint density at radius 2 is 2.19 bits per heavy atom. The zero-order valence-electron chi connectivity index (χ0n) is 15.1. The number of carbonyl (C=O) groups is 2. The first kappa shape index (κ1) is 19.7. The van der Waals surface area contributed by atoms with Gasteiger partial charge in [-0.2, -0.15) is 0 Å². The number of rotatable bonds is 7. The zero-order valence-corrected chi connectivity index (χ0v) is 16.7. The summed E-state index contributed by atoms with van der Waals surface area (Å²) in [5.41, 5.74) is 0. The Morgan fingerprint density at radius 3 is 2.96 bits per heavy atom. The lowest BCUT2D eigenvalue weighted by molar-refractivity contribution is -0.117. The number of aromatic nitrogens is 2. The summed E-state index contributed by atoms with van der Waals surface area (Å²) in [6.45, 7) is 2.65. The van der Waals surface area contributed by atoms with Crippen LogP contribution in [0, 0.1) is 5.92 Å². The molecule has 2 heterocycles. The average molecular weight is 410 g/mol. The van der Waals surface area contributed by atoms with Crippen molar-refractivity contribution in [1.82, 2.24) is 20.8 Å². The lowest BCUT2D eigenvalue weighted by atomic mass is 9.86. The third-order valence-electron chi connectivity index (χ3n) is 4.41. The molecule has 10 heteroatoms. The fourth-order valence-corrected chi connectivity index (χ4v) is 4.49. The molecule has 3 N–H and O–H groups in total. The van der Waals surface area contributed by atoms with Crippen molar-refractivity contribution in [2.24, 2.45) is 5.92 Å². The van der Waals surface area contributed by atoms with Crippen LogP contribution in [-0.4, -0.2) is 33.9 Å². The van der Waals surface area contributed by atoms with Crippen molar-refractivity contribution in [2.75, 3.05) is 11.1 Å². The number of hydrogen-bond donors (Lipinski definition) is 3. The van der Waals surface area contributed by atoms with Gasteiger partial charge < -0.3 is 15.1 Å². The minimum absolute atomic E-state index is 0.112. The minimum atomic E-state index is -0.419. The van der Waals surface area contributed by atoms with Gasteiger partial charge in [-0.15, -0.1) is 10.2 Å². The summed E-state index contributed by atoms with van der Waals surface area (Å²) >= 11 is 2.60. The maximum atomic E-state index is 12.0. The molecule has 2 aromatic rings. The minimum Gasteiger partial charge on any atom is -0.467 e. The first-order valence-corrected chi connectivity index (χ1v) is 10.7. The Hall–Kier alpha value is -2.07. The number of carbonyl (C=O) groups excluding carboxylic acids is 2. The van der Waals surface area contributed by atoms with E-state index in [4.69, 9.17) is 4.42 Å². The van der Waals surface area contributed by atoms with E-state index in [1.54, 1.807) is 6.26 Å². The largest absolute Gasteiger partial charge is 0.467 e. The molecular formula is C17H23N5O3S2. The maximum Gasteiger partial charge on any atom is 0.321 e. The smallest absolute Gasteiger partial charge is 0.321 e. The van der Waals surface area contributed by atoms with E-state index in [9.17, 15) is 9.59 Å². The topological polar surface area (TPSA) is 109 Å². The predicted molar refractivity (Wildman–Crippen MR) is 105 cm³/mol. The number of nitrogens with zero attached hydrogens (tertiary/aromatic N) is 2. The molecular weight excluding hydrogens is 386 g/mol. The molecule has 0 saturated heterocycles. The van der Waals surface area contributed by atoms with E-state index in [-0.39, 0.29) is 17.7 Å². The summed E-state index contributed by atoms with van der Waals surface area (Å²) in [5.74, 6) is 1.02. The number of nitrogens with one attached hydrogen (secondary N) is 3. The van der Waals surface area contributed by atoms with E-state index < -0.39 is 6.03 Å². The number of imide groups is 1. The van der Waals surface area contributed by atoms with Crippen molar-refractivity contribution in [3.63, 3.8) is 0 Å². The highest BCUT2D eigenvalue weighted by Crippen LogP contribution is 2.26. The predicted octanol–water partition coefficient (Wildman–Crippen LogP) is 3.24. The van der Waals surface area contributed by atoms with Crippen LogP contribution in [0.5, 0.6) is 0 Å². The van der Waals surface area contributed by atoms with Crippen LogP contribution in [0.15, 0.2) is 27.2 Å². The van der Waals surface area contributed by atoms with Gasteiger partial charge in [-0.3, -0.25) is 10.1 Å². The number of urea groups is 1. The van der Waals surface area contributed by atoms with Crippen molar-refractivity contribution in [3.05, 3.63) is 24.2 Å². The van der Waals surface area contributed by atoms with E-state index in [0.717, 1.165) is 25.0 Å². The van der Waals surface area contributed by atoms with Crippen LogP contribution in [0.3, 0.4) is 0 Å². The van der Waals surface area contributed by atoms with Gasteiger partial charge in [0.1, 0.15) is 5.76 Å². The van der Waals surface area contributed by atoms with E-state index in [1.165, 1.54) is 29.5 Å². The molecule has 2 aromatic heterocycles. The molecule has 3 rings (SSSR count). The van der Waals surface area contributed by atoms with Crippen molar-refractivity contribution in [3.8, 4) is 0 Å². The molecule has 27 heavy (non-hydrogen) atoms. The highest BCUT2D eigenvalue weighted by molar-refractivity contribution is 8.01.